The molecule has 0 aromatic carbocycles. The van der Waals surface area contributed by atoms with E-state index in [9.17, 15) is 18.0 Å². The Labute approximate surface area is 146 Å². The van der Waals surface area contributed by atoms with Crippen molar-refractivity contribution < 1.29 is 23.1 Å². The molecule has 0 aliphatic carbocycles. The van der Waals surface area contributed by atoms with Gasteiger partial charge < -0.3 is 10.4 Å². The molecule has 0 bridgehead atoms. The third-order valence-corrected chi connectivity index (χ3v) is 5.90. The van der Waals surface area contributed by atoms with Crippen molar-refractivity contribution in [3.63, 3.8) is 0 Å². The van der Waals surface area contributed by atoms with E-state index in [2.05, 4.69) is 15.6 Å². The van der Waals surface area contributed by atoms with Crippen molar-refractivity contribution in [2.45, 2.75) is 51.7 Å². The normalized spacial score (nSPS) is 18.4. The van der Waals surface area contributed by atoms with Crippen LogP contribution in [0, 0.1) is 0 Å². The van der Waals surface area contributed by atoms with Crippen LogP contribution in [0.1, 0.15) is 38.3 Å². The van der Waals surface area contributed by atoms with E-state index >= 15 is 0 Å². The maximum Gasteiger partial charge on any atom is 0.325 e. The van der Waals surface area contributed by atoms with E-state index in [1.54, 1.807) is 0 Å². The highest BCUT2D eigenvalue weighted by molar-refractivity contribution is 7.89. The van der Waals surface area contributed by atoms with Crippen LogP contribution in [0.3, 0.4) is 0 Å². The highest BCUT2D eigenvalue weighted by Crippen LogP contribution is 2.22. The molecule has 1 aromatic heterocycles. The number of amides is 1. The molecule has 140 valence electrons. The standard InChI is InChI=1S/C14H23N5O5S/c1-2-3-7-25(23,24)19-6-4-5-12(19)14(22)15-8-11-9-18(17-16-11)10-13(20)21/h9,12H,2-8,10H2,1H3,(H,15,22)(H,20,21). The molecule has 10 nitrogen and oxygen atoms in total. The molecule has 0 spiro atoms. The lowest BCUT2D eigenvalue weighted by molar-refractivity contribution is -0.138. The number of aliphatic carboxylic acids is 1. The van der Waals surface area contributed by atoms with Crippen LogP contribution >= 0.6 is 0 Å². The van der Waals surface area contributed by atoms with E-state index in [1.807, 2.05) is 6.92 Å². The Morgan fingerprint density at radius 3 is 2.88 bits per heavy atom. The van der Waals surface area contributed by atoms with Crippen molar-refractivity contribution in [2.24, 2.45) is 0 Å². The van der Waals surface area contributed by atoms with Gasteiger partial charge in [0.1, 0.15) is 18.3 Å². The number of carboxylic acids is 1. The minimum Gasteiger partial charge on any atom is -0.480 e. The van der Waals surface area contributed by atoms with Crippen LogP contribution in [0.5, 0.6) is 0 Å². The molecule has 1 atom stereocenters. The fourth-order valence-corrected chi connectivity index (χ4v) is 4.59. The molecule has 1 amide bonds. The van der Waals surface area contributed by atoms with Crippen molar-refractivity contribution >= 4 is 21.9 Å². The molecule has 1 fully saturated rings. The Hall–Kier alpha value is -2.01. The van der Waals surface area contributed by atoms with E-state index in [1.165, 1.54) is 10.5 Å². The van der Waals surface area contributed by atoms with Crippen LogP contribution in [0.2, 0.25) is 0 Å². The van der Waals surface area contributed by atoms with Gasteiger partial charge in [-0.2, -0.15) is 4.31 Å². The Bertz CT molecular complexity index is 717. The number of hydrogen-bond donors (Lipinski definition) is 2. The number of carbonyl (C=O) groups excluding carboxylic acids is 1. The van der Waals surface area contributed by atoms with Gasteiger partial charge in [-0.15, -0.1) is 5.10 Å². The fraction of sp³-hybridized carbons (Fsp3) is 0.714. The van der Waals surface area contributed by atoms with E-state index in [-0.39, 0.29) is 24.7 Å². The van der Waals surface area contributed by atoms with E-state index in [4.69, 9.17) is 5.11 Å². The lowest BCUT2D eigenvalue weighted by Gasteiger charge is -2.23. The SMILES string of the molecule is CCCCS(=O)(=O)N1CCCC1C(=O)NCc1cn(CC(=O)O)nn1. The molecule has 2 N–H and O–H groups in total. The van der Waals surface area contributed by atoms with Gasteiger partial charge in [0.15, 0.2) is 0 Å². The molecular formula is C14H23N5O5S. The summed E-state index contributed by atoms with van der Waals surface area (Å²) in [6.45, 7) is 2.03. The van der Waals surface area contributed by atoms with Crippen LogP contribution in [0.25, 0.3) is 0 Å². The summed E-state index contributed by atoms with van der Waals surface area (Å²) in [7, 11) is -3.43. The number of carboxylic acid groups (broad SMARTS) is 1. The first-order valence-corrected chi connectivity index (χ1v) is 9.82. The van der Waals surface area contributed by atoms with Crippen molar-refractivity contribution in [2.75, 3.05) is 12.3 Å². The van der Waals surface area contributed by atoms with Gasteiger partial charge in [-0.05, 0) is 19.3 Å². The number of sulfonamides is 1. The maximum atomic E-state index is 12.4. The minimum absolute atomic E-state index is 0.0524. The average Bonchev–Trinajstić information content (AvgIpc) is 3.19. The largest absolute Gasteiger partial charge is 0.480 e. The lowest BCUT2D eigenvalue weighted by Crippen LogP contribution is -2.46. The second-order valence-corrected chi connectivity index (χ2v) is 8.00. The van der Waals surface area contributed by atoms with Gasteiger partial charge in [-0.25, -0.2) is 13.1 Å². The summed E-state index contributed by atoms with van der Waals surface area (Å²) < 4.78 is 27.1. The van der Waals surface area contributed by atoms with E-state index < -0.39 is 22.0 Å². The number of unbranched alkanes of at least 4 members (excludes halogenated alkanes) is 1. The van der Waals surface area contributed by atoms with Gasteiger partial charge in [0.2, 0.25) is 15.9 Å². The fourth-order valence-electron chi connectivity index (χ4n) is 2.71. The third-order valence-electron chi connectivity index (χ3n) is 3.95. The summed E-state index contributed by atoms with van der Waals surface area (Å²) >= 11 is 0. The monoisotopic (exact) mass is 373 g/mol. The van der Waals surface area contributed by atoms with E-state index in [0.717, 1.165) is 11.1 Å². The molecule has 1 unspecified atom stereocenters. The number of hydrogen-bond acceptors (Lipinski definition) is 6. The smallest absolute Gasteiger partial charge is 0.325 e. The molecular weight excluding hydrogens is 350 g/mol. The molecule has 1 saturated heterocycles. The Kier molecular flexibility index (Phi) is 6.48. The predicted octanol–water partition coefficient (Wildman–Crippen LogP) is -0.427. The van der Waals surface area contributed by atoms with E-state index in [0.29, 0.717) is 31.5 Å². The van der Waals surface area contributed by atoms with Crippen LogP contribution < -0.4 is 5.32 Å². The summed E-state index contributed by atoms with van der Waals surface area (Å²) in [4.78, 5) is 23.0. The number of nitrogens with zero attached hydrogens (tertiary/aromatic N) is 4. The third kappa shape index (κ3) is 5.23. The summed E-state index contributed by atoms with van der Waals surface area (Å²) in [6.07, 6.45) is 3.91. The first-order chi connectivity index (χ1) is 11.8. The molecule has 2 heterocycles. The van der Waals surface area contributed by atoms with Gasteiger partial charge in [-0.3, -0.25) is 9.59 Å². The highest BCUT2D eigenvalue weighted by atomic mass is 32.2. The van der Waals surface area contributed by atoms with Crippen LogP contribution in [-0.2, 0) is 32.7 Å². The number of rotatable bonds is 9. The second-order valence-electron chi connectivity index (χ2n) is 5.96. The average molecular weight is 373 g/mol. The van der Waals surface area contributed by atoms with Gasteiger partial charge >= 0.3 is 5.97 Å². The maximum absolute atomic E-state index is 12.4. The first kappa shape index (κ1) is 19.3. The topological polar surface area (TPSA) is 134 Å². The molecule has 0 saturated carbocycles. The molecule has 1 aromatic rings. The second kappa shape index (κ2) is 8.39. The quantitative estimate of drug-likeness (QED) is 0.600. The molecule has 1 aliphatic rings. The molecule has 25 heavy (non-hydrogen) atoms. The Balaban J connectivity index is 1.93. The summed E-state index contributed by atoms with van der Waals surface area (Å²) in [6, 6.07) is -0.698. The Morgan fingerprint density at radius 1 is 1.44 bits per heavy atom. The highest BCUT2D eigenvalue weighted by Gasteiger charge is 2.38. The van der Waals surface area contributed by atoms with Crippen LogP contribution in [-0.4, -0.2) is 63.0 Å². The predicted molar refractivity (Wildman–Crippen MR) is 87.9 cm³/mol. The van der Waals surface area contributed by atoms with Gasteiger partial charge in [0.25, 0.3) is 0 Å². The van der Waals surface area contributed by atoms with Crippen molar-refractivity contribution in [3.05, 3.63) is 11.9 Å². The first-order valence-electron chi connectivity index (χ1n) is 8.21. The summed E-state index contributed by atoms with van der Waals surface area (Å²) in [5.74, 6) is -1.36. The summed E-state index contributed by atoms with van der Waals surface area (Å²) in [5.41, 5.74) is 0.410. The molecule has 1 aliphatic heterocycles. The minimum atomic E-state index is -3.43. The number of nitrogens with one attached hydrogen (secondary N) is 1. The van der Waals surface area contributed by atoms with Crippen LogP contribution in [0.4, 0.5) is 0 Å². The zero-order chi connectivity index (χ0) is 18.4. The zero-order valence-corrected chi connectivity index (χ0v) is 14.9. The van der Waals surface area contributed by atoms with Gasteiger partial charge in [0.05, 0.1) is 18.5 Å². The number of carbonyl (C=O) groups is 2. The van der Waals surface area contributed by atoms with Gasteiger partial charge in [0, 0.05) is 6.54 Å². The molecule has 0 radical (unpaired) electrons. The Morgan fingerprint density at radius 2 is 2.20 bits per heavy atom. The lowest BCUT2D eigenvalue weighted by atomic mass is 10.2. The molecule has 11 heteroatoms. The van der Waals surface area contributed by atoms with Crippen molar-refractivity contribution in [3.8, 4) is 0 Å². The molecule has 2 rings (SSSR count). The number of aromatic nitrogens is 3. The zero-order valence-electron chi connectivity index (χ0n) is 14.1. The summed E-state index contributed by atoms with van der Waals surface area (Å²) in [5, 5.41) is 18.8. The van der Waals surface area contributed by atoms with Crippen LogP contribution in [0.15, 0.2) is 6.20 Å². The van der Waals surface area contributed by atoms with Gasteiger partial charge in [-0.1, -0.05) is 18.6 Å². The van der Waals surface area contributed by atoms with Crippen molar-refractivity contribution in [1.82, 2.24) is 24.6 Å². The van der Waals surface area contributed by atoms with Crippen molar-refractivity contribution in [1.29, 1.82) is 0 Å².